The summed E-state index contributed by atoms with van der Waals surface area (Å²) in [5, 5.41) is 0. The number of carbonyl (C=O) groups is 3. The average Bonchev–Trinajstić information content (AvgIpc) is 3.43. The Morgan fingerprint density at radius 1 is 0.273 bits per heavy atom. The maximum atomic E-state index is 12.9. The van der Waals surface area contributed by atoms with Gasteiger partial charge >= 0.3 is 17.9 Å². The molecule has 6 nitrogen and oxygen atoms in total. The lowest BCUT2D eigenvalue weighted by Gasteiger charge is -2.18. The second kappa shape index (κ2) is 64.1. The fourth-order valence-corrected chi connectivity index (χ4v) is 8.42. The van der Waals surface area contributed by atoms with Crippen molar-refractivity contribution in [3.8, 4) is 0 Å². The van der Waals surface area contributed by atoms with Crippen LogP contribution in [0.2, 0.25) is 0 Å². The first-order valence-electron chi connectivity index (χ1n) is 31.7. The molecule has 0 aromatic rings. The van der Waals surface area contributed by atoms with Gasteiger partial charge in [-0.2, -0.15) is 0 Å². The minimum atomic E-state index is -0.798. The minimum Gasteiger partial charge on any atom is -0.462 e. The van der Waals surface area contributed by atoms with E-state index >= 15 is 0 Å². The molecular weight excluding hydrogens is 949 g/mol. The van der Waals surface area contributed by atoms with E-state index in [0.717, 1.165) is 154 Å². The van der Waals surface area contributed by atoms with Crippen LogP contribution in [-0.4, -0.2) is 37.2 Å². The number of allylic oxidation sites excluding steroid dienone is 22. The molecular formula is C71H116O6. The molecule has 0 aromatic heterocycles. The molecule has 1 atom stereocenters. The van der Waals surface area contributed by atoms with Crippen molar-refractivity contribution in [1.29, 1.82) is 0 Å². The largest absolute Gasteiger partial charge is 0.462 e. The van der Waals surface area contributed by atoms with Gasteiger partial charge in [0.05, 0.1) is 0 Å². The molecule has 0 fully saturated rings. The molecule has 0 rings (SSSR count). The molecule has 0 saturated heterocycles. The van der Waals surface area contributed by atoms with Crippen LogP contribution >= 0.6 is 0 Å². The SMILES string of the molecule is CC/C=C\C/C=C\C/C=C\C/C=C\C/C=C\CCCCCCCCCCCCCC(=O)OCC(COC(=O)CCCCCCC/C=C\CCCC)OC(=O)CCCCCCC/C=C\C/C=C\C/C=C\C/C=C\C/C=C\CC. The predicted octanol–water partition coefficient (Wildman–Crippen LogP) is 21.8. The summed E-state index contributed by atoms with van der Waals surface area (Å²) >= 11 is 0. The standard InChI is InChI=1S/C71H116O6/c1-4-7-10-13-16-19-22-24-26-28-30-32-33-34-35-36-37-39-40-42-44-46-49-52-55-58-61-64-70(73)76-67-68(66-75-69(72)63-60-57-54-51-48-21-18-15-12-9-6-3)77-71(74)65-62-59-56-53-50-47-45-43-41-38-31-29-27-25-23-20-17-14-11-8-5-2/h7-8,10-11,15-20,24-27,30-32,34-35,38,43,45,68H,4-6,9,12-14,21-23,28-29,33,36-37,39-42,44,46-67H2,1-3H3/b10-7-,11-8-,18-15-,19-16-,20-17-,26-24-,27-25-,32-30-,35-34-,38-31-,45-43-. The van der Waals surface area contributed by atoms with Crippen molar-refractivity contribution in [3.05, 3.63) is 134 Å². The third-order valence-corrected chi connectivity index (χ3v) is 13.1. The normalized spacial score (nSPS) is 13.0. The lowest BCUT2D eigenvalue weighted by molar-refractivity contribution is -0.167. The Balaban J connectivity index is 4.33. The number of unbranched alkanes of at least 4 members (excludes halogenated alkanes) is 23. The van der Waals surface area contributed by atoms with Gasteiger partial charge in [-0.15, -0.1) is 0 Å². The lowest BCUT2D eigenvalue weighted by Crippen LogP contribution is -2.30. The van der Waals surface area contributed by atoms with Gasteiger partial charge in [0.25, 0.3) is 0 Å². The number of carbonyl (C=O) groups excluding carboxylic acids is 3. The van der Waals surface area contributed by atoms with Crippen molar-refractivity contribution >= 4 is 17.9 Å². The molecule has 0 aromatic carbocycles. The number of hydrogen-bond acceptors (Lipinski definition) is 6. The van der Waals surface area contributed by atoms with Gasteiger partial charge in [0.1, 0.15) is 13.2 Å². The van der Waals surface area contributed by atoms with Gasteiger partial charge in [0, 0.05) is 19.3 Å². The summed E-state index contributed by atoms with van der Waals surface area (Å²) < 4.78 is 16.9. The van der Waals surface area contributed by atoms with Gasteiger partial charge in [-0.1, -0.05) is 264 Å². The molecule has 6 heteroatoms. The van der Waals surface area contributed by atoms with E-state index in [2.05, 4.69) is 154 Å². The summed E-state index contributed by atoms with van der Waals surface area (Å²) in [5.74, 6) is -0.924. The maximum Gasteiger partial charge on any atom is 0.306 e. The molecule has 0 spiro atoms. The molecule has 77 heavy (non-hydrogen) atoms. The molecule has 0 saturated carbocycles. The molecule has 0 radical (unpaired) electrons. The molecule has 0 aliphatic rings. The molecule has 0 heterocycles. The highest BCUT2D eigenvalue weighted by Crippen LogP contribution is 2.15. The third-order valence-electron chi connectivity index (χ3n) is 13.1. The maximum absolute atomic E-state index is 12.9. The second-order valence-electron chi connectivity index (χ2n) is 20.5. The van der Waals surface area contributed by atoms with Crippen LogP contribution in [0.4, 0.5) is 0 Å². The summed E-state index contributed by atoms with van der Waals surface area (Å²) in [7, 11) is 0. The summed E-state index contributed by atoms with van der Waals surface area (Å²) in [6.45, 7) is 6.35. The van der Waals surface area contributed by atoms with E-state index in [-0.39, 0.29) is 31.1 Å². The van der Waals surface area contributed by atoms with E-state index < -0.39 is 6.10 Å². The van der Waals surface area contributed by atoms with Gasteiger partial charge in [-0.3, -0.25) is 14.4 Å². The van der Waals surface area contributed by atoms with E-state index in [1.165, 1.54) is 83.5 Å². The highest BCUT2D eigenvalue weighted by molar-refractivity contribution is 5.71. The Labute approximate surface area is 475 Å². The number of esters is 3. The lowest BCUT2D eigenvalue weighted by atomic mass is 10.0. The van der Waals surface area contributed by atoms with E-state index in [0.29, 0.717) is 19.3 Å². The van der Waals surface area contributed by atoms with E-state index in [1.54, 1.807) is 0 Å². The smallest absolute Gasteiger partial charge is 0.306 e. The zero-order chi connectivity index (χ0) is 55.7. The fourth-order valence-electron chi connectivity index (χ4n) is 8.42. The van der Waals surface area contributed by atoms with Gasteiger partial charge in [-0.05, 0) is 128 Å². The van der Waals surface area contributed by atoms with Gasteiger partial charge in [0.15, 0.2) is 6.10 Å². The van der Waals surface area contributed by atoms with Crippen molar-refractivity contribution in [3.63, 3.8) is 0 Å². The Hall–Kier alpha value is -4.45. The van der Waals surface area contributed by atoms with E-state index in [1.807, 2.05) is 0 Å². The van der Waals surface area contributed by atoms with Crippen LogP contribution in [0, 0.1) is 0 Å². The topological polar surface area (TPSA) is 78.9 Å². The summed E-state index contributed by atoms with van der Waals surface area (Å²) in [4.78, 5) is 38.3. The Kier molecular flexibility index (Phi) is 60.4. The van der Waals surface area contributed by atoms with Crippen molar-refractivity contribution < 1.29 is 28.6 Å². The molecule has 0 amide bonds. The Morgan fingerprint density at radius 3 is 0.805 bits per heavy atom. The monoisotopic (exact) mass is 1060 g/mol. The summed E-state index contributed by atoms with van der Waals surface area (Å²) in [5.41, 5.74) is 0. The molecule has 0 N–H and O–H groups in total. The van der Waals surface area contributed by atoms with Gasteiger partial charge in [-0.25, -0.2) is 0 Å². The Morgan fingerprint density at radius 2 is 0.506 bits per heavy atom. The molecule has 0 aliphatic heterocycles. The second-order valence-corrected chi connectivity index (χ2v) is 20.5. The third kappa shape index (κ3) is 62.3. The number of rotatable bonds is 56. The van der Waals surface area contributed by atoms with Crippen LogP contribution in [0.5, 0.6) is 0 Å². The van der Waals surface area contributed by atoms with Crippen LogP contribution in [0.1, 0.15) is 278 Å². The summed E-state index contributed by atoms with van der Waals surface area (Å²) in [6, 6.07) is 0. The molecule has 0 aliphatic carbocycles. The fraction of sp³-hybridized carbons (Fsp3) is 0.648. The average molecular weight is 1070 g/mol. The first-order valence-corrected chi connectivity index (χ1v) is 31.7. The number of hydrogen-bond donors (Lipinski definition) is 0. The quantitative estimate of drug-likeness (QED) is 0.0261. The highest BCUT2D eigenvalue weighted by Gasteiger charge is 2.19. The van der Waals surface area contributed by atoms with Crippen LogP contribution in [-0.2, 0) is 28.6 Å². The summed E-state index contributed by atoms with van der Waals surface area (Å²) in [6.07, 6.45) is 90.3. The zero-order valence-corrected chi connectivity index (χ0v) is 49.9. The zero-order valence-electron chi connectivity index (χ0n) is 49.9. The van der Waals surface area contributed by atoms with Gasteiger partial charge < -0.3 is 14.2 Å². The van der Waals surface area contributed by atoms with Crippen LogP contribution in [0.15, 0.2) is 134 Å². The highest BCUT2D eigenvalue weighted by atomic mass is 16.6. The van der Waals surface area contributed by atoms with Crippen LogP contribution in [0.3, 0.4) is 0 Å². The first-order chi connectivity index (χ1) is 38.0. The van der Waals surface area contributed by atoms with Gasteiger partial charge in [0.2, 0.25) is 0 Å². The van der Waals surface area contributed by atoms with Crippen molar-refractivity contribution in [2.45, 2.75) is 284 Å². The van der Waals surface area contributed by atoms with Crippen LogP contribution in [0.25, 0.3) is 0 Å². The molecule has 436 valence electrons. The van der Waals surface area contributed by atoms with E-state index in [9.17, 15) is 14.4 Å². The molecule has 1 unspecified atom stereocenters. The van der Waals surface area contributed by atoms with Crippen molar-refractivity contribution in [2.24, 2.45) is 0 Å². The number of ether oxygens (including phenoxy) is 3. The van der Waals surface area contributed by atoms with Crippen LogP contribution < -0.4 is 0 Å². The predicted molar refractivity (Wildman–Crippen MR) is 334 cm³/mol. The Bertz CT molecular complexity index is 1650. The minimum absolute atomic E-state index is 0.0933. The van der Waals surface area contributed by atoms with E-state index in [4.69, 9.17) is 14.2 Å². The van der Waals surface area contributed by atoms with Crippen molar-refractivity contribution in [1.82, 2.24) is 0 Å². The van der Waals surface area contributed by atoms with Crippen molar-refractivity contribution in [2.75, 3.05) is 13.2 Å². The first kappa shape index (κ1) is 72.5. The molecule has 0 bridgehead atoms.